The predicted octanol–water partition coefficient (Wildman–Crippen LogP) is 4.89. The minimum absolute atomic E-state index is 0.218. The SMILES string of the molecule is CC(C)(C)OC(=O)N1CCc2cc(-c3ccc(F)cc3)sc2CC1. The van der Waals surface area contributed by atoms with Crippen LogP contribution in [-0.4, -0.2) is 29.7 Å². The van der Waals surface area contributed by atoms with Crippen LogP contribution in [0.5, 0.6) is 0 Å². The Bertz CT molecular complexity index is 705. The Morgan fingerprint density at radius 3 is 2.50 bits per heavy atom. The fourth-order valence-electron chi connectivity index (χ4n) is 2.76. The number of thiophene rings is 1. The van der Waals surface area contributed by atoms with Gasteiger partial charge in [-0.2, -0.15) is 0 Å². The molecule has 0 N–H and O–H groups in total. The van der Waals surface area contributed by atoms with Gasteiger partial charge in [0, 0.05) is 22.8 Å². The molecule has 128 valence electrons. The Kier molecular flexibility index (Phi) is 4.63. The molecule has 3 nitrogen and oxygen atoms in total. The van der Waals surface area contributed by atoms with Crippen LogP contribution in [-0.2, 0) is 17.6 Å². The molecule has 0 aliphatic carbocycles. The van der Waals surface area contributed by atoms with E-state index in [0.717, 1.165) is 23.3 Å². The monoisotopic (exact) mass is 347 g/mol. The molecule has 3 rings (SSSR count). The van der Waals surface area contributed by atoms with Crippen LogP contribution >= 0.6 is 11.3 Å². The molecule has 0 saturated heterocycles. The molecule has 1 aliphatic heterocycles. The number of hydrogen-bond donors (Lipinski definition) is 0. The van der Waals surface area contributed by atoms with Crippen molar-refractivity contribution in [1.29, 1.82) is 0 Å². The molecule has 0 spiro atoms. The molecule has 0 fully saturated rings. The lowest BCUT2D eigenvalue weighted by molar-refractivity contribution is 0.0258. The van der Waals surface area contributed by atoms with Crippen LogP contribution in [0.4, 0.5) is 9.18 Å². The molecule has 1 aromatic heterocycles. The molecular weight excluding hydrogens is 325 g/mol. The molecule has 0 bridgehead atoms. The van der Waals surface area contributed by atoms with Gasteiger partial charge in [-0.05, 0) is 62.9 Å². The van der Waals surface area contributed by atoms with E-state index in [1.165, 1.54) is 22.6 Å². The highest BCUT2D eigenvalue weighted by atomic mass is 32.1. The number of halogens is 1. The third-order valence-corrected chi connectivity index (χ3v) is 5.22. The fourth-order valence-corrected chi connectivity index (χ4v) is 3.96. The van der Waals surface area contributed by atoms with Gasteiger partial charge in [0.05, 0.1) is 0 Å². The molecule has 0 atom stereocenters. The van der Waals surface area contributed by atoms with Gasteiger partial charge < -0.3 is 9.64 Å². The summed E-state index contributed by atoms with van der Waals surface area (Å²) < 4.78 is 18.5. The van der Waals surface area contributed by atoms with Crippen molar-refractivity contribution in [2.75, 3.05) is 13.1 Å². The summed E-state index contributed by atoms with van der Waals surface area (Å²) >= 11 is 1.73. The van der Waals surface area contributed by atoms with E-state index in [9.17, 15) is 9.18 Å². The lowest BCUT2D eigenvalue weighted by Gasteiger charge is -2.26. The van der Waals surface area contributed by atoms with Crippen LogP contribution in [0.2, 0.25) is 0 Å². The minimum Gasteiger partial charge on any atom is -0.444 e. The van der Waals surface area contributed by atoms with Crippen molar-refractivity contribution in [1.82, 2.24) is 4.90 Å². The zero-order valence-corrected chi connectivity index (χ0v) is 15.1. The minimum atomic E-state index is -0.468. The Morgan fingerprint density at radius 1 is 1.17 bits per heavy atom. The van der Waals surface area contributed by atoms with Gasteiger partial charge in [-0.25, -0.2) is 9.18 Å². The Morgan fingerprint density at radius 2 is 1.83 bits per heavy atom. The number of benzene rings is 1. The zero-order valence-electron chi connectivity index (χ0n) is 14.3. The summed E-state index contributed by atoms with van der Waals surface area (Å²) in [5.74, 6) is -0.218. The first-order valence-corrected chi connectivity index (χ1v) is 8.99. The van der Waals surface area contributed by atoms with Crippen LogP contribution in [0.1, 0.15) is 31.2 Å². The molecule has 5 heteroatoms. The highest BCUT2D eigenvalue weighted by molar-refractivity contribution is 7.15. The van der Waals surface area contributed by atoms with E-state index in [-0.39, 0.29) is 11.9 Å². The summed E-state index contributed by atoms with van der Waals surface area (Å²) in [5, 5.41) is 0. The second kappa shape index (κ2) is 6.55. The van der Waals surface area contributed by atoms with Gasteiger partial charge in [0.1, 0.15) is 11.4 Å². The summed E-state index contributed by atoms with van der Waals surface area (Å²) in [7, 11) is 0. The maximum absolute atomic E-state index is 13.1. The number of ether oxygens (including phenoxy) is 1. The highest BCUT2D eigenvalue weighted by Gasteiger charge is 2.25. The van der Waals surface area contributed by atoms with Gasteiger partial charge in [-0.1, -0.05) is 12.1 Å². The summed E-state index contributed by atoms with van der Waals surface area (Å²) in [6.45, 7) is 6.99. The van der Waals surface area contributed by atoms with Gasteiger partial charge >= 0.3 is 6.09 Å². The van der Waals surface area contributed by atoms with Crippen molar-refractivity contribution in [2.45, 2.75) is 39.2 Å². The highest BCUT2D eigenvalue weighted by Crippen LogP contribution is 2.33. The number of fused-ring (bicyclic) bond motifs is 1. The average molecular weight is 347 g/mol. The second-order valence-corrected chi connectivity index (χ2v) is 8.17. The van der Waals surface area contributed by atoms with E-state index >= 15 is 0 Å². The Balaban J connectivity index is 1.71. The summed E-state index contributed by atoms with van der Waals surface area (Å²) in [6, 6.07) is 8.78. The number of amides is 1. The third-order valence-electron chi connectivity index (χ3n) is 3.94. The van der Waals surface area contributed by atoms with Crippen molar-refractivity contribution >= 4 is 17.4 Å². The van der Waals surface area contributed by atoms with Crippen molar-refractivity contribution < 1.29 is 13.9 Å². The summed E-state index contributed by atoms with van der Waals surface area (Å²) in [5.41, 5.74) is 1.85. The van der Waals surface area contributed by atoms with Crippen LogP contribution in [0, 0.1) is 5.82 Å². The lowest BCUT2D eigenvalue weighted by atomic mass is 10.1. The Labute approximate surface area is 146 Å². The maximum atomic E-state index is 13.1. The maximum Gasteiger partial charge on any atom is 0.410 e. The van der Waals surface area contributed by atoms with Crippen LogP contribution in [0.25, 0.3) is 10.4 Å². The van der Waals surface area contributed by atoms with Crippen molar-refractivity contribution in [3.8, 4) is 10.4 Å². The van der Waals surface area contributed by atoms with Crippen LogP contribution < -0.4 is 0 Å². The largest absolute Gasteiger partial charge is 0.444 e. The summed E-state index contributed by atoms with van der Waals surface area (Å²) in [4.78, 5) is 16.5. The van der Waals surface area contributed by atoms with Gasteiger partial charge in [-0.15, -0.1) is 11.3 Å². The molecule has 24 heavy (non-hydrogen) atoms. The average Bonchev–Trinajstić information content (AvgIpc) is 2.79. The zero-order chi connectivity index (χ0) is 17.3. The second-order valence-electron chi connectivity index (χ2n) is 7.03. The van der Waals surface area contributed by atoms with Gasteiger partial charge in [0.2, 0.25) is 0 Å². The molecule has 1 aliphatic rings. The van der Waals surface area contributed by atoms with Crippen LogP contribution in [0.3, 0.4) is 0 Å². The van der Waals surface area contributed by atoms with E-state index in [0.29, 0.717) is 13.1 Å². The molecular formula is C19H22FNO2S. The van der Waals surface area contributed by atoms with Crippen molar-refractivity contribution in [3.63, 3.8) is 0 Å². The summed E-state index contributed by atoms with van der Waals surface area (Å²) in [6.07, 6.45) is 1.42. The van der Waals surface area contributed by atoms with E-state index in [2.05, 4.69) is 6.07 Å². The third kappa shape index (κ3) is 3.96. The van der Waals surface area contributed by atoms with Gasteiger partial charge in [-0.3, -0.25) is 0 Å². The normalized spacial score (nSPS) is 14.9. The lowest BCUT2D eigenvalue weighted by Crippen LogP contribution is -2.38. The number of hydrogen-bond acceptors (Lipinski definition) is 3. The molecule has 1 amide bonds. The van der Waals surface area contributed by atoms with Crippen molar-refractivity contribution in [2.24, 2.45) is 0 Å². The van der Waals surface area contributed by atoms with Gasteiger partial charge in [0.25, 0.3) is 0 Å². The molecule has 0 saturated carbocycles. The number of nitrogens with zero attached hydrogens (tertiary/aromatic N) is 1. The Hall–Kier alpha value is -1.88. The first kappa shape index (κ1) is 17.0. The molecule has 0 radical (unpaired) electrons. The van der Waals surface area contributed by atoms with E-state index < -0.39 is 5.60 Å². The quantitative estimate of drug-likeness (QED) is 0.735. The van der Waals surface area contributed by atoms with Crippen LogP contribution in [0.15, 0.2) is 30.3 Å². The van der Waals surface area contributed by atoms with Crippen molar-refractivity contribution in [3.05, 3.63) is 46.6 Å². The van der Waals surface area contributed by atoms with Gasteiger partial charge in [0.15, 0.2) is 0 Å². The fraction of sp³-hybridized carbons (Fsp3) is 0.421. The van der Waals surface area contributed by atoms with E-state index in [1.54, 1.807) is 16.2 Å². The number of rotatable bonds is 1. The number of carbonyl (C=O) groups is 1. The first-order valence-electron chi connectivity index (χ1n) is 8.17. The topological polar surface area (TPSA) is 29.5 Å². The smallest absolute Gasteiger partial charge is 0.410 e. The predicted molar refractivity (Wildman–Crippen MR) is 94.9 cm³/mol. The molecule has 1 aromatic carbocycles. The molecule has 0 unspecified atom stereocenters. The first-order chi connectivity index (χ1) is 11.3. The van der Waals surface area contributed by atoms with E-state index in [4.69, 9.17) is 4.74 Å². The molecule has 2 heterocycles. The standard InChI is InChI=1S/C19H22FNO2S/c1-19(2,3)23-18(22)21-10-8-14-12-17(24-16(14)9-11-21)13-4-6-15(20)7-5-13/h4-7,12H,8-11H2,1-3H3. The number of carbonyl (C=O) groups excluding carboxylic acids is 1. The van der Waals surface area contributed by atoms with E-state index in [1.807, 2.05) is 32.9 Å². The molecule has 2 aromatic rings.